The maximum atomic E-state index is 10.2. The summed E-state index contributed by atoms with van der Waals surface area (Å²) < 4.78 is 2.17. The molecule has 0 unspecified atom stereocenters. The van der Waals surface area contributed by atoms with Crippen LogP contribution in [0, 0.1) is 43.4 Å². The summed E-state index contributed by atoms with van der Waals surface area (Å²) in [7, 11) is 0. The highest BCUT2D eigenvalue weighted by Gasteiger charge is 2.17. The van der Waals surface area contributed by atoms with Crippen LogP contribution in [0.25, 0.3) is 49.7 Å². The molecule has 0 fully saturated rings. The summed E-state index contributed by atoms with van der Waals surface area (Å²) in [6.07, 6.45) is 3.22. The lowest BCUT2D eigenvalue weighted by atomic mass is 9.93. The van der Waals surface area contributed by atoms with E-state index in [2.05, 4.69) is 89.9 Å². The zero-order valence-corrected chi connectivity index (χ0v) is 21.3. The molecule has 0 aliphatic rings. The Morgan fingerprint density at radius 2 is 1.34 bits per heavy atom. The average molecular weight is 490 g/mol. The van der Waals surface area contributed by atoms with E-state index in [9.17, 15) is 5.26 Å². The molecule has 2 heterocycles. The lowest BCUT2D eigenvalue weighted by Gasteiger charge is -2.13. The molecule has 2 aromatic heterocycles. The smallest absolute Gasteiger partial charge is 0.232 e. The number of aromatic nitrogens is 3. The summed E-state index contributed by atoms with van der Waals surface area (Å²) in [6, 6.07) is 29.5. The number of fused-ring (bicyclic) bond motifs is 3. The van der Waals surface area contributed by atoms with Gasteiger partial charge in [0.2, 0.25) is 5.82 Å². The number of para-hydroxylation sites is 1. The van der Waals surface area contributed by atoms with Crippen LogP contribution < -0.4 is 0 Å². The standard InChI is InChI=1S/C33H23N5/c1-20-12-21(2)33(22(3)13-20)24-9-11-31-28(15-24)27-6-4-5-7-30(27)38(31)29-10-8-23(14-25(29)16-34)26-18-36-32(17-35)37-19-26/h4-15,18-19H,1-3H3. The Kier molecular flexibility index (Phi) is 5.48. The van der Waals surface area contributed by atoms with Gasteiger partial charge in [-0.25, -0.2) is 9.97 Å². The third-order valence-corrected chi connectivity index (χ3v) is 7.08. The second kappa shape index (κ2) is 9.00. The van der Waals surface area contributed by atoms with Gasteiger partial charge in [-0.15, -0.1) is 0 Å². The van der Waals surface area contributed by atoms with E-state index in [0.717, 1.165) is 38.6 Å². The van der Waals surface area contributed by atoms with Crippen molar-refractivity contribution in [3.8, 4) is 40.1 Å². The molecular weight excluding hydrogens is 466 g/mol. The maximum Gasteiger partial charge on any atom is 0.232 e. The third-order valence-electron chi connectivity index (χ3n) is 7.08. The molecule has 0 saturated heterocycles. The number of rotatable bonds is 3. The Morgan fingerprint density at radius 1 is 0.658 bits per heavy atom. The highest BCUT2D eigenvalue weighted by atomic mass is 15.0. The molecule has 38 heavy (non-hydrogen) atoms. The molecule has 0 aliphatic heterocycles. The number of benzene rings is 4. The highest BCUT2D eigenvalue weighted by Crippen LogP contribution is 2.38. The van der Waals surface area contributed by atoms with Crippen LogP contribution >= 0.6 is 0 Å². The van der Waals surface area contributed by atoms with Crippen LogP contribution in [-0.2, 0) is 0 Å². The zero-order chi connectivity index (χ0) is 26.4. The van der Waals surface area contributed by atoms with Gasteiger partial charge in [-0.3, -0.25) is 0 Å². The quantitative estimate of drug-likeness (QED) is 0.257. The summed E-state index contributed by atoms with van der Waals surface area (Å²) >= 11 is 0. The van der Waals surface area contributed by atoms with Gasteiger partial charge in [0.25, 0.3) is 0 Å². The van der Waals surface area contributed by atoms with E-state index in [-0.39, 0.29) is 5.82 Å². The van der Waals surface area contributed by atoms with Crippen molar-refractivity contribution in [3.05, 3.63) is 113 Å². The summed E-state index contributed by atoms with van der Waals surface area (Å²) in [5, 5.41) is 21.4. The van der Waals surface area contributed by atoms with Crippen LogP contribution in [-0.4, -0.2) is 14.5 Å². The lowest BCUT2D eigenvalue weighted by molar-refractivity contribution is 1.11. The van der Waals surface area contributed by atoms with Crippen molar-refractivity contribution in [1.82, 2.24) is 14.5 Å². The molecule has 6 rings (SSSR count). The van der Waals surface area contributed by atoms with E-state index >= 15 is 0 Å². The Bertz CT molecular complexity index is 1940. The number of aryl methyl sites for hydroxylation is 3. The van der Waals surface area contributed by atoms with Crippen molar-refractivity contribution in [1.29, 1.82) is 10.5 Å². The molecule has 5 nitrogen and oxygen atoms in total. The van der Waals surface area contributed by atoms with Crippen molar-refractivity contribution >= 4 is 21.8 Å². The van der Waals surface area contributed by atoms with E-state index in [1.165, 1.54) is 27.8 Å². The Balaban J connectivity index is 1.56. The fourth-order valence-electron chi connectivity index (χ4n) is 5.56. The van der Waals surface area contributed by atoms with Crippen molar-refractivity contribution in [2.45, 2.75) is 20.8 Å². The maximum absolute atomic E-state index is 10.2. The predicted octanol–water partition coefficient (Wildman–Crippen LogP) is 7.58. The fraction of sp³-hybridized carbons (Fsp3) is 0.0909. The molecule has 180 valence electrons. The Labute approximate surface area is 220 Å². The summed E-state index contributed by atoms with van der Waals surface area (Å²) in [5.74, 6) is 0.117. The second-order valence-corrected chi connectivity index (χ2v) is 9.61. The number of hydrogen-bond donors (Lipinski definition) is 0. The van der Waals surface area contributed by atoms with Crippen LogP contribution in [0.4, 0.5) is 0 Å². The van der Waals surface area contributed by atoms with Gasteiger partial charge in [0.15, 0.2) is 0 Å². The van der Waals surface area contributed by atoms with Crippen molar-refractivity contribution in [2.75, 3.05) is 0 Å². The first-order valence-corrected chi connectivity index (χ1v) is 12.4. The minimum Gasteiger partial charge on any atom is -0.308 e. The first-order chi connectivity index (χ1) is 18.5. The molecule has 6 aromatic rings. The number of hydrogen-bond acceptors (Lipinski definition) is 4. The lowest BCUT2D eigenvalue weighted by Crippen LogP contribution is -1.98. The molecule has 0 atom stereocenters. The summed E-state index contributed by atoms with van der Waals surface area (Å²) in [6.45, 7) is 6.47. The highest BCUT2D eigenvalue weighted by molar-refractivity contribution is 6.10. The minimum atomic E-state index is 0.117. The second-order valence-electron chi connectivity index (χ2n) is 9.61. The van der Waals surface area contributed by atoms with Gasteiger partial charge in [-0.1, -0.05) is 48.0 Å². The molecule has 0 bridgehead atoms. The van der Waals surface area contributed by atoms with E-state index in [4.69, 9.17) is 5.26 Å². The van der Waals surface area contributed by atoms with Gasteiger partial charge in [0.05, 0.1) is 22.3 Å². The largest absolute Gasteiger partial charge is 0.308 e. The summed E-state index contributed by atoms with van der Waals surface area (Å²) in [4.78, 5) is 8.15. The SMILES string of the molecule is Cc1cc(C)c(-c2ccc3c(c2)c2ccccc2n3-c2ccc(-c3cnc(C#N)nc3)cc2C#N)c(C)c1. The van der Waals surface area contributed by atoms with Gasteiger partial charge in [0.1, 0.15) is 12.1 Å². The Hall–Kier alpha value is -5.26. The molecule has 0 amide bonds. The van der Waals surface area contributed by atoms with Crippen molar-refractivity contribution in [2.24, 2.45) is 0 Å². The first-order valence-electron chi connectivity index (χ1n) is 12.4. The topological polar surface area (TPSA) is 78.3 Å². The van der Waals surface area contributed by atoms with Crippen LogP contribution in [0.1, 0.15) is 28.1 Å². The molecule has 0 aliphatic carbocycles. The van der Waals surface area contributed by atoms with Gasteiger partial charge in [0, 0.05) is 28.7 Å². The van der Waals surface area contributed by atoms with E-state index in [1.54, 1.807) is 12.4 Å². The van der Waals surface area contributed by atoms with Crippen molar-refractivity contribution < 1.29 is 0 Å². The van der Waals surface area contributed by atoms with E-state index in [1.807, 2.05) is 30.3 Å². The third kappa shape index (κ3) is 3.70. The normalized spacial score (nSPS) is 11.0. The van der Waals surface area contributed by atoms with Gasteiger partial charge in [-0.05, 0) is 78.9 Å². The van der Waals surface area contributed by atoms with Crippen LogP contribution in [0.3, 0.4) is 0 Å². The van der Waals surface area contributed by atoms with Crippen LogP contribution in [0.2, 0.25) is 0 Å². The minimum absolute atomic E-state index is 0.117. The molecule has 0 saturated carbocycles. The molecule has 4 aromatic carbocycles. The molecule has 0 spiro atoms. The van der Waals surface area contributed by atoms with Gasteiger partial charge in [-0.2, -0.15) is 10.5 Å². The first kappa shape index (κ1) is 23.2. The van der Waals surface area contributed by atoms with Crippen LogP contribution in [0.5, 0.6) is 0 Å². The number of nitrogens with zero attached hydrogens (tertiary/aromatic N) is 5. The number of nitriles is 2. The molecular formula is C33H23N5. The molecule has 0 radical (unpaired) electrons. The van der Waals surface area contributed by atoms with Crippen molar-refractivity contribution in [3.63, 3.8) is 0 Å². The molecule has 0 N–H and O–H groups in total. The fourth-order valence-corrected chi connectivity index (χ4v) is 5.56. The van der Waals surface area contributed by atoms with E-state index < -0.39 is 0 Å². The van der Waals surface area contributed by atoms with Gasteiger partial charge < -0.3 is 4.57 Å². The van der Waals surface area contributed by atoms with Crippen LogP contribution in [0.15, 0.2) is 85.2 Å². The Morgan fingerprint density at radius 3 is 2.05 bits per heavy atom. The monoisotopic (exact) mass is 489 g/mol. The average Bonchev–Trinajstić information content (AvgIpc) is 3.26. The molecule has 5 heteroatoms. The van der Waals surface area contributed by atoms with E-state index in [0.29, 0.717) is 5.56 Å². The zero-order valence-electron chi connectivity index (χ0n) is 21.3. The predicted molar refractivity (Wildman–Crippen MR) is 151 cm³/mol. The summed E-state index contributed by atoms with van der Waals surface area (Å²) in [5.41, 5.74) is 11.3. The van der Waals surface area contributed by atoms with Gasteiger partial charge >= 0.3 is 0 Å².